The topological polar surface area (TPSA) is 60.0 Å². The summed E-state index contributed by atoms with van der Waals surface area (Å²) in [5.41, 5.74) is -0.204. The molecule has 15 heavy (non-hydrogen) atoms. The van der Waals surface area contributed by atoms with E-state index in [4.69, 9.17) is 17.1 Å². The molecule has 0 saturated heterocycles. The van der Waals surface area contributed by atoms with Crippen LogP contribution in [-0.4, -0.2) is 0 Å². The SMILES string of the molecule is [CH]OC(c1ccc[n+]([O-])c1)C(C)(C)C#N. The molecule has 4 heteroatoms. The van der Waals surface area contributed by atoms with E-state index in [1.807, 2.05) is 0 Å². The van der Waals surface area contributed by atoms with Crippen molar-refractivity contribution in [3.8, 4) is 6.07 Å². The van der Waals surface area contributed by atoms with Crippen molar-refractivity contribution in [2.45, 2.75) is 20.0 Å². The maximum atomic E-state index is 11.1. The first-order chi connectivity index (χ1) is 7.01. The highest BCUT2D eigenvalue weighted by atomic mass is 16.5. The molecular formula is C11H12N2O2. The van der Waals surface area contributed by atoms with Crippen molar-refractivity contribution in [2.75, 3.05) is 0 Å². The first-order valence-electron chi connectivity index (χ1n) is 4.47. The van der Waals surface area contributed by atoms with Crippen molar-refractivity contribution in [1.29, 1.82) is 5.26 Å². The number of rotatable bonds is 3. The van der Waals surface area contributed by atoms with Crippen molar-refractivity contribution in [3.63, 3.8) is 0 Å². The number of aromatic nitrogens is 1. The van der Waals surface area contributed by atoms with Gasteiger partial charge >= 0.3 is 0 Å². The molecule has 0 aliphatic carbocycles. The minimum Gasteiger partial charge on any atom is -0.619 e. The molecule has 1 rings (SSSR count). The highest BCUT2D eigenvalue weighted by Crippen LogP contribution is 2.34. The Hall–Kier alpha value is -1.60. The van der Waals surface area contributed by atoms with Gasteiger partial charge in [0.25, 0.3) is 0 Å². The van der Waals surface area contributed by atoms with E-state index < -0.39 is 11.5 Å². The highest BCUT2D eigenvalue weighted by molar-refractivity contribution is 5.16. The van der Waals surface area contributed by atoms with Crippen LogP contribution < -0.4 is 4.73 Å². The van der Waals surface area contributed by atoms with Gasteiger partial charge in [-0.3, -0.25) is 0 Å². The summed E-state index contributed by atoms with van der Waals surface area (Å²) in [4.78, 5) is 0. The molecule has 0 saturated carbocycles. The maximum absolute atomic E-state index is 11.1. The molecule has 1 aromatic rings. The lowest BCUT2D eigenvalue weighted by Gasteiger charge is -2.25. The molecule has 2 radical (unpaired) electrons. The van der Waals surface area contributed by atoms with E-state index in [2.05, 4.69) is 6.07 Å². The number of hydrogen-bond acceptors (Lipinski definition) is 3. The van der Waals surface area contributed by atoms with Crippen LogP contribution in [0.15, 0.2) is 24.5 Å². The van der Waals surface area contributed by atoms with Gasteiger partial charge < -0.3 is 9.94 Å². The van der Waals surface area contributed by atoms with Crippen LogP contribution >= 0.6 is 0 Å². The predicted octanol–water partition coefficient (Wildman–Crippen LogP) is 1.60. The number of hydrogen-bond donors (Lipinski definition) is 0. The van der Waals surface area contributed by atoms with E-state index in [1.165, 1.54) is 12.4 Å². The number of pyridine rings is 1. The molecule has 0 bridgehead atoms. The summed E-state index contributed by atoms with van der Waals surface area (Å²) in [7, 11) is 5.15. The second-order valence-corrected chi connectivity index (χ2v) is 3.85. The fourth-order valence-electron chi connectivity index (χ4n) is 1.35. The van der Waals surface area contributed by atoms with Crippen LogP contribution in [0.25, 0.3) is 0 Å². The van der Waals surface area contributed by atoms with Crippen molar-refractivity contribution < 1.29 is 9.47 Å². The molecule has 0 spiro atoms. The van der Waals surface area contributed by atoms with Crippen LogP contribution in [-0.2, 0) is 4.74 Å². The Morgan fingerprint density at radius 2 is 2.33 bits per heavy atom. The Morgan fingerprint density at radius 1 is 1.67 bits per heavy atom. The third-order valence-corrected chi connectivity index (χ3v) is 2.18. The molecule has 1 heterocycles. The van der Waals surface area contributed by atoms with Crippen LogP contribution in [0.3, 0.4) is 0 Å². The Kier molecular flexibility index (Phi) is 3.28. The molecule has 0 aromatic carbocycles. The minimum atomic E-state index is -0.789. The Balaban J connectivity index is 3.09. The summed E-state index contributed by atoms with van der Waals surface area (Å²) < 4.78 is 5.42. The van der Waals surface area contributed by atoms with Gasteiger partial charge in [-0.15, -0.1) is 0 Å². The van der Waals surface area contributed by atoms with Crippen LogP contribution in [0.1, 0.15) is 25.5 Å². The Morgan fingerprint density at radius 3 is 2.80 bits per heavy atom. The van der Waals surface area contributed by atoms with Crippen molar-refractivity contribution in [1.82, 2.24) is 0 Å². The summed E-state index contributed by atoms with van der Waals surface area (Å²) >= 11 is 0. The maximum Gasteiger partial charge on any atom is 0.186 e. The molecule has 0 aliphatic rings. The Labute approximate surface area is 89.3 Å². The van der Waals surface area contributed by atoms with Crippen LogP contribution in [0.2, 0.25) is 0 Å². The van der Waals surface area contributed by atoms with Gasteiger partial charge in [-0.25, -0.2) is 0 Å². The zero-order chi connectivity index (χ0) is 11.5. The number of nitrogens with zero attached hydrogens (tertiary/aromatic N) is 2. The van der Waals surface area contributed by atoms with Crippen molar-refractivity contribution in [2.24, 2.45) is 5.41 Å². The van der Waals surface area contributed by atoms with Crippen molar-refractivity contribution >= 4 is 0 Å². The molecule has 0 N–H and O–H groups in total. The average Bonchev–Trinajstić information content (AvgIpc) is 2.18. The van der Waals surface area contributed by atoms with Gasteiger partial charge in [0.2, 0.25) is 0 Å². The van der Waals surface area contributed by atoms with Gasteiger partial charge in [-0.2, -0.15) is 9.99 Å². The van der Waals surface area contributed by atoms with E-state index in [9.17, 15) is 5.21 Å². The van der Waals surface area contributed by atoms with E-state index in [1.54, 1.807) is 26.0 Å². The molecular weight excluding hydrogens is 192 g/mol. The number of nitriles is 1. The van der Waals surface area contributed by atoms with Crippen LogP contribution in [0, 0.1) is 29.1 Å². The van der Waals surface area contributed by atoms with Crippen LogP contribution in [0.4, 0.5) is 0 Å². The lowest BCUT2D eigenvalue weighted by Crippen LogP contribution is -2.28. The summed E-state index contributed by atoms with van der Waals surface area (Å²) in [6, 6.07) is 5.38. The highest BCUT2D eigenvalue weighted by Gasteiger charge is 2.32. The van der Waals surface area contributed by atoms with Crippen LogP contribution in [0.5, 0.6) is 0 Å². The summed E-state index contributed by atoms with van der Waals surface area (Å²) in [5, 5.41) is 20.0. The smallest absolute Gasteiger partial charge is 0.186 e. The van der Waals surface area contributed by atoms with Gasteiger partial charge in [0.15, 0.2) is 12.4 Å². The monoisotopic (exact) mass is 204 g/mol. The van der Waals surface area contributed by atoms with Gasteiger partial charge in [0, 0.05) is 11.6 Å². The van der Waals surface area contributed by atoms with Gasteiger partial charge in [-0.05, 0) is 19.9 Å². The molecule has 1 aromatic heterocycles. The third-order valence-electron chi connectivity index (χ3n) is 2.18. The van der Waals surface area contributed by atoms with E-state index in [0.717, 1.165) is 0 Å². The van der Waals surface area contributed by atoms with E-state index in [0.29, 0.717) is 10.3 Å². The lowest BCUT2D eigenvalue weighted by atomic mass is 9.84. The second kappa shape index (κ2) is 4.28. The molecule has 0 aliphatic heterocycles. The molecule has 1 atom stereocenters. The molecule has 0 amide bonds. The molecule has 1 unspecified atom stereocenters. The van der Waals surface area contributed by atoms with Crippen molar-refractivity contribution in [3.05, 3.63) is 42.4 Å². The predicted molar refractivity (Wildman–Crippen MR) is 52.9 cm³/mol. The minimum absolute atomic E-state index is 0.585. The van der Waals surface area contributed by atoms with Gasteiger partial charge in [-0.1, -0.05) is 0 Å². The summed E-state index contributed by atoms with van der Waals surface area (Å²) in [6.45, 7) is 3.40. The standard InChI is InChI=1S/C11H12N2O2/c1-11(2,8-12)10(15-3)9-5-4-6-13(14)7-9/h3-7,10H,1-2H3. The quantitative estimate of drug-likeness (QED) is 0.555. The lowest BCUT2D eigenvalue weighted by molar-refractivity contribution is -0.606. The molecule has 78 valence electrons. The normalized spacial score (nSPS) is 13.2. The first kappa shape index (κ1) is 11.5. The molecule has 4 nitrogen and oxygen atoms in total. The van der Waals surface area contributed by atoms with E-state index >= 15 is 0 Å². The zero-order valence-electron chi connectivity index (χ0n) is 8.68. The van der Waals surface area contributed by atoms with Gasteiger partial charge in [0.1, 0.15) is 13.2 Å². The second-order valence-electron chi connectivity index (χ2n) is 3.85. The summed E-state index contributed by atoms with van der Waals surface area (Å²) in [6.07, 6.45) is 2.08. The third kappa shape index (κ3) is 2.45. The molecule has 0 fully saturated rings. The average molecular weight is 204 g/mol. The fraction of sp³-hybridized carbons (Fsp3) is 0.364. The zero-order valence-corrected chi connectivity index (χ0v) is 8.68. The number of ether oxygens (including phenoxy) is 1. The Bertz CT molecular complexity index is 382. The van der Waals surface area contributed by atoms with E-state index in [-0.39, 0.29) is 0 Å². The van der Waals surface area contributed by atoms with Gasteiger partial charge in [0.05, 0.1) is 11.5 Å². The largest absolute Gasteiger partial charge is 0.619 e. The fourth-order valence-corrected chi connectivity index (χ4v) is 1.35. The summed E-state index contributed by atoms with van der Waals surface area (Å²) in [5.74, 6) is 0. The first-order valence-corrected chi connectivity index (χ1v) is 4.47.